The number of methoxy groups -OCH3 is 1. The molecule has 5 nitrogen and oxygen atoms in total. The van der Waals surface area contributed by atoms with Crippen molar-refractivity contribution >= 4 is 22.9 Å². The third-order valence-corrected chi connectivity index (χ3v) is 3.73. The lowest BCUT2D eigenvalue weighted by Gasteiger charge is -2.09. The third kappa shape index (κ3) is 4.77. The molecule has 2 aromatic rings. The molecule has 0 aliphatic carbocycles. The summed E-state index contributed by atoms with van der Waals surface area (Å²) >= 11 is 1.51. The number of nitrogens with one attached hydrogen (secondary N) is 1. The van der Waals surface area contributed by atoms with Crippen LogP contribution in [0.15, 0.2) is 35.7 Å². The normalized spacial score (nSPS) is 10.3. The van der Waals surface area contributed by atoms with Crippen molar-refractivity contribution in [1.82, 2.24) is 0 Å². The van der Waals surface area contributed by atoms with Crippen LogP contribution < -0.4 is 15.8 Å². The van der Waals surface area contributed by atoms with Gasteiger partial charge < -0.3 is 20.5 Å². The van der Waals surface area contributed by atoms with Gasteiger partial charge in [0.25, 0.3) is 0 Å². The van der Waals surface area contributed by atoms with Crippen molar-refractivity contribution in [1.29, 1.82) is 0 Å². The number of primary amides is 1. The van der Waals surface area contributed by atoms with E-state index in [-0.39, 0.29) is 0 Å². The summed E-state index contributed by atoms with van der Waals surface area (Å²) in [7, 11) is 1.64. The number of thiophene rings is 1. The molecular weight excluding hydrogens is 288 g/mol. The molecule has 0 fully saturated rings. The van der Waals surface area contributed by atoms with Gasteiger partial charge in [-0.1, -0.05) is 6.07 Å². The van der Waals surface area contributed by atoms with Crippen molar-refractivity contribution in [3.8, 4) is 5.75 Å². The number of amides is 1. The average Bonchev–Trinajstić information content (AvgIpc) is 2.95. The Balaban J connectivity index is 1.90. The summed E-state index contributed by atoms with van der Waals surface area (Å²) in [6.07, 6.45) is 0. The molecule has 1 aromatic heterocycles. The third-order valence-electron chi connectivity index (χ3n) is 2.80. The minimum Gasteiger partial charge on any atom is -0.491 e. The van der Waals surface area contributed by atoms with Crippen LogP contribution in [0.3, 0.4) is 0 Å². The van der Waals surface area contributed by atoms with Crippen LogP contribution in [0.25, 0.3) is 0 Å². The lowest BCUT2D eigenvalue weighted by atomic mass is 10.2. The molecule has 1 aromatic carbocycles. The summed E-state index contributed by atoms with van der Waals surface area (Å²) in [5, 5.41) is 5.06. The van der Waals surface area contributed by atoms with E-state index in [1.165, 1.54) is 11.3 Å². The molecule has 1 heterocycles. The highest BCUT2D eigenvalue weighted by Crippen LogP contribution is 2.20. The van der Waals surface area contributed by atoms with E-state index in [1.807, 2.05) is 24.3 Å². The molecule has 1 amide bonds. The second kappa shape index (κ2) is 7.66. The zero-order chi connectivity index (χ0) is 15.1. The van der Waals surface area contributed by atoms with Crippen LogP contribution in [-0.4, -0.2) is 26.2 Å². The monoisotopic (exact) mass is 306 g/mol. The quantitative estimate of drug-likeness (QED) is 0.735. The van der Waals surface area contributed by atoms with Gasteiger partial charge in [-0.05, 0) is 18.2 Å². The number of benzene rings is 1. The number of hydrogen-bond acceptors (Lipinski definition) is 5. The standard InChI is InChI=1S/C15H18N2O3S/c1-19-5-6-20-13-4-2-3-12(8-13)17-9-14-7-11(10-21-14)15(16)18/h2-4,7-8,10,17H,5-6,9H2,1H3,(H2,16,18). The number of carbonyl (C=O) groups is 1. The molecule has 0 saturated carbocycles. The fourth-order valence-corrected chi connectivity index (χ4v) is 2.54. The minimum absolute atomic E-state index is 0.397. The predicted molar refractivity (Wildman–Crippen MR) is 84.0 cm³/mol. The van der Waals surface area contributed by atoms with Crippen molar-refractivity contribution in [2.75, 3.05) is 25.6 Å². The average molecular weight is 306 g/mol. The van der Waals surface area contributed by atoms with E-state index in [2.05, 4.69) is 5.32 Å². The predicted octanol–water partition coefficient (Wildman–Crippen LogP) is 2.48. The van der Waals surface area contributed by atoms with E-state index in [4.69, 9.17) is 15.2 Å². The fraction of sp³-hybridized carbons (Fsp3) is 0.267. The first-order valence-corrected chi connectivity index (χ1v) is 7.40. The van der Waals surface area contributed by atoms with Crippen molar-refractivity contribution in [2.45, 2.75) is 6.54 Å². The number of anilines is 1. The van der Waals surface area contributed by atoms with E-state index < -0.39 is 5.91 Å². The molecule has 0 spiro atoms. The molecular formula is C15H18N2O3S. The lowest BCUT2D eigenvalue weighted by molar-refractivity contribution is 0.100. The van der Waals surface area contributed by atoms with Crippen molar-refractivity contribution in [2.24, 2.45) is 5.73 Å². The van der Waals surface area contributed by atoms with Crippen LogP contribution in [0.4, 0.5) is 5.69 Å². The zero-order valence-electron chi connectivity index (χ0n) is 11.8. The molecule has 0 bridgehead atoms. The summed E-state index contributed by atoms with van der Waals surface area (Å²) in [6.45, 7) is 1.72. The van der Waals surface area contributed by atoms with Gasteiger partial charge in [-0.15, -0.1) is 11.3 Å². The van der Waals surface area contributed by atoms with Gasteiger partial charge in [0.1, 0.15) is 12.4 Å². The van der Waals surface area contributed by atoms with Gasteiger partial charge in [0.2, 0.25) is 5.91 Å². The number of ether oxygens (including phenoxy) is 2. The largest absolute Gasteiger partial charge is 0.491 e. The number of hydrogen-bond donors (Lipinski definition) is 2. The van der Waals surface area contributed by atoms with Crippen LogP contribution in [0, 0.1) is 0 Å². The molecule has 3 N–H and O–H groups in total. The van der Waals surface area contributed by atoms with Crippen LogP contribution in [0.1, 0.15) is 15.2 Å². The number of carbonyl (C=O) groups excluding carboxylic acids is 1. The molecule has 0 aliphatic heterocycles. The van der Waals surface area contributed by atoms with E-state index in [1.54, 1.807) is 18.6 Å². The summed E-state index contributed by atoms with van der Waals surface area (Å²) in [6, 6.07) is 9.52. The van der Waals surface area contributed by atoms with Gasteiger partial charge in [-0.3, -0.25) is 4.79 Å². The minimum atomic E-state index is -0.397. The van der Waals surface area contributed by atoms with E-state index >= 15 is 0 Å². The maximum Gasteiger partial charge on any atom is 0.249 e. The van der Waals surface area contributed by atoms with Crippen LogP contribution in [-0.2, 0) is 11.3 Å². The maximum atomic E-state index is 11.0. The zero-order valence-corrected chi connectivity index (χ0v) is 12.6. The molecule has 0 atom stereocenters. The Morgan fingerprint density at radius 1 is 1.33 bits per heavy atom. The molecule has 0 aliphatic rings. The Morgan fingerprint density at radius 2 is 2.19 bits per heavy atom. The van der Waals surface area contributed by atoms with Gasteiger partial charge in [0.15, 0.2) is 0 Å². The second-order valence-electron chi connectivity index (χ2n) is 4.39. The van der Waals surface area contributed by atoms with Crippen molar-refractivity contribution in [3.63, 3.8) is 0 Å². The molecule has 2 rings (SSSR count). The second-order valence-corrected chi connectivity index (χ2v) is 5.38. The van der Waals surface area contributed by atoms with Crippen molar-refractivity contribution in [3.05, 3.63) is 46.2 Å². The molecule has 21 heavy (non-hydrogen) atoms. The highest BCUT2D eigenvalue weighted by Gasteiger charge is 2.04. The van der Waals surface area contributed by atoms with Crippen LogP contribution in [0.2, 0.25) is 0 Å². The molecule has 6 heteroatoms. The van der Waals surface area contributed by atoms with Gasteiger partial charge in [0, 0.05) is 35.7 Å². The highest BCUT2D eigenvalue weighted by molar-refractivity contribution is 7.10. The number of nitrogens with two attached hydrogens (primary N) is 1. The smallest absolute Gasteiger partial charge is 0.249 e. The summed E-state index contributed by atoms with van der Waals surface area (Å²) in [4.78, 5) is 12.1. The van der Waals surface area contributed by atoms with Gasteiger partial charge in [-0.2, -0.15) is 0 Å². The first-order valence-electron chi connectivity index (χ1n) is 6.52. The van der Waals surface area contributed by atoms with E-state index in [9.17, 15) is 4.79 Å². The molecule has 0 unspecified atom stereocenters. The molecule has 0 saturated heterocycles. The summed E-state index contributed by atoms with van der Waals surface area (Å²) in [5.41, 5.74) is 6.74. The van der Waals surface area contributed by atoms with E-state index in [0.29, 0.717) is 25.3 Å². The Labute approximate surface area is 127 Å². The Hall–Kier alpha value is -2.05. The number of rotatable bonds is 8. The van der Waals surface area contributed by atoms with Crippen LogP contribution >= 0.6 is 11.3 Å². The lowest BCUT2D eigenvalue weighted by Crippen LogP contribution is -2.09. The Morgan fingerprint density at radius 3 is 2.90 bits per heavy atom. The summed E-state index contributed by atoms with van der Waals surface area (Å²) in [5.74, 6) is 0.395. The van der Waals surface area contributed by atoms with E-state index in [0.717, 1.165) is 16.3 Å². The van der Waals surface area contributed by atoms with Crippen molar-refractivity contribution < 1.29 is 14.3 Å². The molecule has 112 valence electrons. The Bertz CT molecular complexity index is 598. The summed E-state index contributed by atoms with van der Waals surface area (Å²) < 4.78 is 10.5. The van der Waals surface area contributed by atoms with Gasteiger partial charge >= 0.3 is 0 Å². The maximum absolute atomic E-state index is 11.0. The highest BCUT2D eigenvalue weighted by atomic mass is 32.1. The van der Waals surface area contributed by atoms with Gasteiger partial charge in [-0.25, -0.2) is 0 Å². The first kappa shape index (κ1) is 15.3. The topological polar surface area (TPSA) is 73.6 Å². The Kier molecular flexibility index (Phi) is 5.59. The first-order chi connectivity index (χ1) is 10.2. The SMILES string of the molecule is COCCOc1cccc(NCc2cc(C(N)=O)cs2)c1. The fourth-order valence-electron chi connectivity index (χ4n) is 1.73. The molecule has 0 radical (unpaired) electrons. The van der Waals surface area contributed by atoms with Crippen LogP contribution in [0.5, 0.6) is 5.75 Å². The van der Waals surface area contributed by atoms with Gasteiger partial charge in [0.05, 0.1) is 12.2 Å².